The topological polar surface area (TPSA) is 75.2 Å². The van der Waals surface area contributed by atoms with Crippen molar-refractivity contribution in [3.8, 4) is 0 Å². The zero-order valence-electron chi connectivity index (χ0n) is 14.1. The molecule has 128 valence electrons. The average molecular weight is 329 g/mol. The predicted molar refractivity (Wildman–Crippen MR) is 88.9 cm³/mol. The molecule has 4 heterocycles. The maximum atomic E-state index is 12.7. The van der Waals surface area contributed by atoms with Crippen LogP contribution in [0.2, 0.25) is 0 Å². The normalized spacial score (nSPS) is 24.1. The summed E-state index contributed by atoms with van der Waals surface area (Å²) in [4.78, 5) is 22.4. The molecule has 1 amide bonds. The highest BCUT2D eigenvalue weighted by Gasteiger charge is 2.35. The number of hydrogen-bond donors (Lipinski definition) is 2. The van der Waals surface area contributed by atoms with Crippen molar-refractivity contribution in [3.63, 3.8) is 0 Å². The zero-order valence-corrected chi connectivity index (χ0v) is 14.1. The zero-order chi connectivity index (χ0) is 16.7. The highest BCUT2D eigenvalue weighted by Crippen LogP contribution is 2.27. The summed E-state index contributed by atoms with van der Waals surface area (Å²) in [6.07, 6.45) is 4.55. The average Bonchev–Trinajstić information content (AvgIpc) is 3.25. The Morgan fingerprint density at radius 1 is 1.42 bits per heavy atom. The first-order valence-electron chi connectivity index (χ1n) is 8.36. The molecule has 1 fully saturated rings. The maximum Gasteiger partial charge on any atom is 0.267 e. The van der Waals surface area contributed by atoms with Gasteiger partial charge in [-0.3, -0.25) is 4.79 Å². The van der Waals surface area contributed by atoms with Gasteiger partial charge >= 0.3 is 0 Å². The Morgan fingerprint density at radius 2 is 2.29 bits per heavy atom. The summed E-state index contributed by atoms with van der Waals surface area (Å²) in [5.74, 6) is 0.205. The second kappa shape index (κ2) is 6.07. The van der Waals surface area contributed by atoms with Crippen LogP contribution in [0.1, 0.15) is 33.4 Å². The summed E-state index contributed by atoms with van der Waals surface area (Å²) in [6.45, 7) is 3.05. The molecule has 0 aromatic carbocycles. The number of nitrogens with one attached hydrogen (secondary N) is 2. The molecule has 0 unspecified atom stereocenters. The monoisotopic (exact) mass is 329 g/mol. The van der Waals surface area contributed by atoms with Crippen molar-refractivity contribution in [1.82, 2.24) is 24.8 Å². The Bertz CT molecular complexity index is 726. The van der Waals surface area contributed by atoms with Crippen molar-refractivity contribution in [1.29, 1.82) is 0 Å². The number of aromatic nitrogens is 3. The first-order valence-corrected chi connectivity index (χ1v) is 8.36. The maximum absolute atomic E-state index is 12.7. The van der Waals surface area contributed by atoms with E-state index < -0.39 is 0 Å². The minimum atomic E-state index is -0.0446. The van der Waals surface area contributed by atoms with Crippen LogP contribution in [-0.2, 0) is 24.8 Å². The number of aromatic amines is 1. The smallest absolute Gasteiger partial charge is 0.267 e. The van der Waals surface area contributed by atoms with Crippen LogP contribution in [0.25, 0.3) is 0 Å². The van der Waals surface area contributed by atoms with Crippen LogP contribution >= 0.6 is 0 Å². The van der Waals surface area contributed by atoms with Crippen LogP contribution in [0.3, 0.4) is 0 Å². The lowest BCUT2D eigenvalue weighted by molar-refractivity contribution is 0.0930. The molecule has 0 bridgehead atoms. The lowest BCUT2D eigenvalue weighted by atomic mass is 10.00. The Balaban J connectivity index is 1.52. The minimum Gasteiger partial charge on any atom is -0.376 e. The van der Waals surface area contributed by atoms with Crippen molar-refractivity contribution in [2.45, 2.75) is 25.0 Å². The number of amides is 1. The van der Waals surface area contributed by atoms with Gasteiger partial charge in [-0.05, 0) is 18.7 Å². The van der Waals surface area contributed by atoms with Crippen molar-refractivity contribution < 1.29 is 9.53 Å². The van der Waals surface area contributed by atoms with Crippen molar-refractivity contribution in [2.75, 3.05) is 26.7 Å². The van der Waals surface area contributed by atoms with E-state index in [1.807, 2.05) is 30.2 Å². The Kier molecular flexibility index (Phi) is 3.90. The van der Waals surface area contributed by atoms with E-state index in [1.165, 1.54) is 0 Å². The molecule has 24 heavy (non-hydrogen) atoms. The van der Waals surface area contributed by atoms with E-state index in [9.17, 15) is 4.79 Å². The van der Waals surface area contributed by atoms with Gasteiger partial charge < -0.3 is 24.5 Å². The summed E-state index contributed by atoms with van der Waals surface area (Å²) < 4.78 is 7.48. The van der Waals surface area contributed by atoms with E-state index in [1.54, 1.807) is 0 Å². The molecule has 2 aliphatic heterocycles. The summed E-state index contributed by atoms with van der Waals surface area (Å²) in [5.41, 5.74) is 4.00. The molecule has 2 aliphatic rings. The third-order valence-corrected chi connectivity index (χ3v) is 5.04. The predicted octanol–water partition coefficient (Wildman–Crippen LogP) is 0.648. The number of carbonyl (C=O) groups is 1. The second-order valence-electron chi connectivity index (χ2n) is 6.83. The van der Waals surface area contributed by atoms with Crippen LogP contribution in [0.4, 0.5) is 0 Å². The van der Waals surface area contributed by atoms with Gasteiger partial charge in [0.15, 0.2) is 0 Å². The van der Waals surface area contributed by atoms with Gasteiger partial charge in [-0.2, -0.15) is 0 Å². The number of fused-ring (bicyclic) bond motifs is 1. The highest BCUT2D eigenvalue weighted by atomic mass is 16.5. The van der Waals surface area contributed by atoms with E-state index in [-0.39, 0.29) is 17.9 Å². The summed E-state index contributed by atoms with van der Waals surface area (Å²) >= 11 is 0. The fourth-order valence-electron chi connectivity index (χ4n) is 3.79. The first kappa shape index (κ1) is 15.4. The van der Waals surface area contributed by atoms with Gasteiger partial charge in [-0.15, -0.1) is 0 Å². The van der Waals surface area contributed by atoms with E-state index in [2.05, 4.69) is 27.2 Å². The number of carbonyl (C=O) groups excluding carboxylic acids is 1. The number of hydrogen-bond acceptors (Lipinski definition) is 4. The van der Waals surface area contributed by atoms with Crippen LogP contribution in [-0.4, -0.2) is 58.1 Å². The molecule has 2 N–H and O–H groups in total. The van der Waals surface area contributed by atoms with Crippen LogP contribution in [0, 0.1) is 0 Å². The number of H-pyrrole nitrogens is 1. The third kappa shape index (κ3) is 2.74. The Hall–Kier alpha value is -2.12. The van der Waals surface area contributed by atoms with Crippen molar-refractivity contribution in [3.05, 3.63) is 41.2 Å². The van der Waals surface area contributed by atoms with Crippen molar-refractivity contribution >= 4 is 5.91 Å². The SMILES string of the molecule is CN1C[C@@H](NC(=O)c2cc3c([nH]2)CCOC3)[C@H](c2cncn2C)C1. The van der Waals surface area contributed by atoms with Gasteiger partial charge in [0.1, 0.15) is 5.69 Å². The van der Waals surface area contributed by atoms with Gasteiger partial charge in [0.25, 0.3) is 5.91 Å². The molecule has 0 aliphatic carbocycles. The van der Waals surface area contributed by atoms with E-state index in [0.29, 0.717) is 18.9 Å². The molecule has 0 saturated carbocycles. The number of rotatable bonds is 3. The summed E-state index contributed by atoms with van der Waals surface area (Å²) in [7, 11) is 4.08. The lowest BCUT2D eigenvalue weighted by Crippen LogP contribution is -2.40. The molecular formula is C17H23N5O2. The molecular weight excluding hydrogens is 306 g/mol. The molecule has 4 rings (SSSR count). The number of likely N-dealkylation sites (tertiary alicyclic amines) is 1. The summed E-state index contributed by atoms with van der Waals surface area (Å²) in [6, 6.07) is 2.00. The quantitative estimate of drug-likeness (QED) is 0.867. The molecule has 0 radical (unpaired) electrons. The van der Waals surface area contributed by atoms with Gasteiger partial charge in [0.05, 0.1) is 25.6 Å². The first-order chi connectivity index (χ1) is 11.6. The molecule has 2 atom stereocenters. The Labute approximate surface area is 141 Å². The number of likely N-dealkylation sites (N-methyl/N-ethyl adjacent to an activating group) is 1. The fraction of sp³-hybridized carbons (Fsp3) is 0.529. The molecule has 7 heteroatoms. The molecule has 2 aromatic heterocycles. The van der Waals surface area contributed by atoms with Gasteiger partial charge in [-0.25, -0.2) is 4.98 Å². The van der Waals surface area contributed by atoms with Gasteiger partial charge in [0, 0.05) is 50.1 Å². The molecule has 0 spiro atoms. The number of imidazole rings is 1. The molecule has 1 saturated heterocycles. The van der Waals surface area contributed by atoms with Crippen LogP contribution in [0.5, 0.6) is 0 Å². The highest BCUT2D eigenvalue weighted by molar-refractivity contribution is 5.93. The minimum absolute atomic E-state index is 0.0446. The second-order valence-corrected chi connectivity index (χ2v) is 6.83. The van der Waals surface area contributed by atoms with Gasteiger partial charge in [0.2, 0.25) is 0 Å². The molecule has 7 nitrogen and oxygen atoms in total. The Morgan fingerprint density at radius 3 is 3.04 bits per heavy atom. The van der Waals surface area contributed by atoms with E-state index in [4.69, 9.17) is 4.74 Å². The van der Waals surface area contributed by atoms with E-state index in [0.717, 1.165) is 36.5 Å². The number of aryl methyl sites for hydroxylation is 1. The fourth-order valence-corrected chi connectivity index (χ4v) is 3.79. The van der Waals surface area contributed by atoms with Gasteiger partial charge in [-0.1, -0.05) is 0 Å². The van der Waals surface area contributed by atoms with Crippen LogP contribution in [0.15, 0.2) is 18.6 Å². The molecule has 2 aromatic rings. The van der Waals surface area contributed by atoms with Crippen LogP contribution < -0.4 is 5.32 Å². The van der Waals surface area contributed by atoms with E-state index >= 15 is 0 Å². The summed E-state index contributed by atoms with van der Waals surface area (Å²) in [5, 5.41) is 3.21. The number of nitrogens with zero attached hydrogens (tertiary/aromatic N) is 3. The lowest BCUT2D eigenvalue weighted by Gasteiger charge is -2.20. The number of ether oxygens (including phenoxy) is 1. The standard InChI is InChI=1S/C17H23N5O2/c1-21-7-12(16-6-18-10-22(16)2)15(8-21)20-17(23)14-5-11-9-24-4-3-13(11)19-14/h5-6,10,12,15,19H,3-4,7-9H2,1-2H3,(H,20,23)/t12-,15-/m1/s1. The largest absolute Gasteiger partial charge is 0.376 e. The third-order valence-electron chi connectivity index (χ3n) is 5.04. The van der Waals surface area contributed by atoms with Crippen molar-refractivity contribution in [2.24, 2.45) is 7.05 Å².